The van der Waals surface area contributed by atoms with Gasteiger partial charge in [-0.15, -0.1) is 8.93 Å². The fourth-order valence-electron chi connectivity index (χ4n) is 5.94. The zero-order valence-corrected chi connectivity index (χ0v) is 28.4. The van der Waals surface area contributed by atoms with Crippen LogP contribution in [0.15, 0.2) is 103 Å². The molecule has 3 heterocycles. The molecule has 3 aromatic carbocycles. The van der Waals surface area contributed by atoms with Crippen LogP contribution in [0.4, 0.5) is 0 Å². The van der Waals surface area contributed by atoms with Crippen molar-refractivity contribution in [3.63, 3.8) is 0 Å². The standard InChI is InChI=1S/C36H44O8P2/c1-25-32(39-21-27-14-8-4-9-15-27)34(40-22-28-16-10-5-11-17-28)31(23-37-20-26-12-6-3-7-13-26)43-35(25)42-29-18-19-38-30-24-41-36(46(2)45)44-33(29)30/h3-19,25,29-36H,20-24,45H2,1-2H3/t25?,29-,30?,31?,32-,33-,34+,35?,36?,46?/m1/s1. The molecule has 7 unspecified atom stereocenters. The highest BCUT2D eigenvalue weighted by Crippen LogP contribution is 2.49. The summed E-state index contributed by atoms with van der Waals surface area (Å²) in [5.41, 5.74) is 3.25. The summed E-state index contributed by atoms with van der Waals surface area (Å²) < 4.78 is 51.3. The molecule has 246 valence electrons. The van der Waals surface area contributed by atoms with Crippen molar-refractivity contribution in [3.05, 3.63) is 120 Å². The van der Waals surface area contributed by atoms with E-state index in [2.05, 4.69) is 58.9 Å². The Morgan fingerprint density at radius 2 is 1.37 bits per heavy atom. The second-order valence-electron chi connectivity index (χ2n) is 11.9. The lowest BCUT2D eigenvalue weighted by Crippen LogP contribution is -2.59. The smallest absolute Gasteiger partial charge is 0.180 e. The Bertz CT molecular complexity index is 1350. The van der Waals surface area contributed by atoms with Crippen molar-refractivity contribution in [2.45, 2.75) is 75.7 Å². The van der Waals surface area contributed by atoms with Gasteiger partial charge < -0.3 is 37.9 Å². The minimum absolute atomic E-state index is 0.176. The van der Waals surface area contributed by atoms with Crippen LogP contribution in [-0.2, 0) is 57.7 Å². The fourth-order valence-corrected chi connectivity index (χ4v) is 7.06. The summed E-state index contributed by atoms with van der Waals surface area (Å²) in [6.07, 6.45) is 0.795. The summed E-state index contributed by atoms with van der Waals surface area (Å²) in [6, 6.07) is 30.2. The predicted molar refractivity (Wildman–Crippen MR) is 180 cm³/mol. The lowest BCUT2D eigenvalue weighted by atomic mass is 9.91. The van der Waals surface area contributed by atoms with E-state index in [-0.39, 0.29) is 36.4 Å². The Morgan fingerprint density at radius 3 is 1.98 bits per heavy atom. The number of hydrogen-bond donors (Lipinski definition) is 0. The molecule has 2 fully saturated rings. The van der Waals surface area contributed by atoms with Crippen LogP contribution in [-0.4, -0.2) is 68.8 Å². The molecule has 0 aromatic heterocycles. The Labute approximate surface area is 275 Å². The number of hydrogen-bond acceptors (Lipinski definition) is 8. The Morgan fingerprint density at radius 1 is 0.783 bits per heavy atom. The summed E-state index contributed by atoms with van der Waals surface area (Å²) in [5, 5.41) is 0. The van der Waals surface area contributed by atoms with Crippen molar-refractivity contribution in [3.8, 4) is 0 Å². The number of rotatable bonds is 13. The van der Waals surface area contributed by atoms with Crippen LogP contribution in [0.3, 0.4) is 0 Å². The molecule has 0 saturated carbocycles. The van der Waals surface area contributed by atoms with Crippen molar-refractivity contribution in [2.24, 2.45) is 5.92 Å². The van der Waals surface area contributed by atoms with E-state index in [1.165, 1.54) is 0 Å². The quantitative estimate of drug-likeness (QED) is 0.188. The molecule has 3 aromatic rings. The molecule has 0 N–H and O–H groups in total. The molecule has 10 heteroatoms. The van der Waals surface area contributed by atoms with Crippen LogP contribution in [0.25, 0.3) is 0 Å². The zero-order chi connectivity index (χ0) is 31.7. The van der Waals surface area contributed by atoms with E-state index >= 15 is 0 Å². The Kier molecular flexibility index (Phi) is 12.3. The highest BCUT2D eigenvalue weighted by Gasteiger charge is 2.49. The monoisotopic (exact) mass is 666 g/mol. The number of fused-ring (bicyclic) bond motifs is 1. The van der Waals surface area contributed by atoms with Gasteiger partial charge in [-0.1, -0.05) is 97.9 Å². The van der Waals surface area contributed by atoms with E-state index in [0.29, 0.717) is 33.0 Å². The molecular formula is C36H44O8P2. The van der Waals surface area contributed by atoms with Gasteiger partial charge >= 0.3 is 0 Å². The van der Waals surface area contributed by atoms with Gasteiger partial charge in [-0.25, -0.2) is 0 Å². The van der Waals surface area contributed by atoms with Gasteiger partial charge in [0.2, 0.25) is 0 Å². The predicted octanol–water partition coefficient (Wildman–Crippen LogP) is 6.63. The van der Waals surface area contributed by atoms with E-state index in [1.807, 2.05) is 60.7 Å². The van der Waals surface area contributed by atoms with E-state index in [0.717, 1.165) is 16.7 Å². The maximum absolute atomic E-state index is 6.77. The molecule has 3 aliphatic heterocycles. The molecule has 46 heavy (non-hydrogen) atoms. The summed E-state index contributed by atoms with van der Waals surface area (Å²) in [4.78, 5) is 0. The fraction of sp³-hybridized carbons (Fsp3) is 0.444. The van der Waals surface area contributed by atoms with Gasteiger partial charge in [0.25, 0.3) is 0 Å². The topological polar surface area (TPSA) is 73.8 Å². The highest BCUT2D eigenvalue weighted by atomic mass is 32.0. The van der Waals surface area contributed by atoms with Crippen LogP contribution in [0.5, 0.6) is 0 Å². The molecular weight excluding hydrogens is 622 g/mol. The zero-order valence-electron chi connectivity index (χ0n) is 26.3. The Balaban J connectivity index is 1.23. The molecule has 6 rings (SSSR count). The third kappa shape index (κ3) is 8.82. The molecule has 2 saturated heterocycles. The molecule has 0 spiro atoms. The maximum atomic E-state index is 6.77. The second kappa shape index (κ2) is 16.7. The summed E-state index contributed by atoms with van der Waals surface area (Å²) >= 11 is 0. The van der Waals surface area contributed by atoms with Gasteiger partial charge in [0.15, 0.2) is 18.4 Å². The average Bonchev–Trinajstić information content (AvgIpc) is 3.09. The second-order valence-corrected chi connectivity index (χ2v) is 16.1. The SMILES string of the molecule is CC1C(O[C@@H]2C=COC3COC(P(C)P)O[C@@H]32)OC(COCc2ccccc2)[C@H](OCc2ccccc2)[C@@H]1OCc1ccccc1. The lowest BCUT2D eigenvalue weighted by molar-refractivity contribution is -0.326. The molecule has 0 aliphatic carbocycles. The minimum atomic E-state index is -0.611. The van der Waals surface area contributed by atoms with Gasteiger partial charge in [-0.05, 0) is 37.0 Å². The molecule has 8 nitrogen and oxygen atoms in total. The van der Waals surface area contributed by atoms with E-state index in [9.17, 15) is 0 Å². The van der Waals surface area contributed by atoms with Gasteiger partial charge in [0.1, 0.15) is 24.4 Å². The van der Waals surface area contributed by atoms with E-state index in [4.69, 9.17) is 37.9 Å². The summed E-state index contributed by atoms with van der Waals surface area (Å²) in [6.45, 7) is 6.27. The third-order valence-corrected chi connectivity index (χ3v) is 10.1. The van der Waals surface area contributed by atoms with Crippen LogP contribution < -0.4 is 0 Å². The molecule has 0 radical (unpaired) electrons. The van der Waals surface area contributed by atoms with E-state index < -0.39 is 26.1 Å². The first-order valence-electron chi connectivity index (χ1n) is 15.9. The molecule has 11 atom stereocenters. The molecule has 0 amide bonds. The van der Waals surface area contributed by atoms with Gasteiger partial charge in [-0.2, -0.15) is 0 Å². The van der Waals surface area contributed by atoms with Crippen LogP contribution in [0.2, 0.25) is 0 Å². The normalized spacial score (nSPS) is 31.5. The van der Waals surface area contributed by atoms with Crippen molar-refractivity contribution in [1.29, 1.82) is 0 Å². The number of benzene rings is 3. The Hall–Kier alpha value is -2.22. The highest BCUT2D eigenvalue weighted by molar-refractivity contribution is 8.13. The lowest BCUT2D eigenvalue weighted by Gasteiger charge is -2.47. The first-order chi connectivity index (χ1) is 22.5. The first kappa shape index (κ1) is 33.7. The summed E-state index contributed by atoms with van der Waals surface area (Å²) in [7, 11) is 2.27. The van der Waals surface area contributed by atoms with Crippen LogP contribution in [0.1, 0.15) is 23.6 Å². The average molecular weight is 667 g/mol. The first-order valence-corrected chi connectivity index (χ1v) is 19.3. The van der Waals surface area contributed by atoms with Gasteiger partial charge in [-0.3, -0.25) is 0 Å². The molecule has 3 aliphatic rings. The summed E-state index contributed by atoms with van der Waals surface area (Å²) in [5.74, 6) is -0.176. The maximum Gasteiger partial charge on any atom is 0.180 e. The minimum Gasteiger partial charge on any atom is -0.493 e. The number of ether oxygens (including phenoxy) is 8. The largest absolute Gasteiger partial charge is 0.493 e. The van der Waals surface area contributed by atoms with E-state index in [1.54, 1.807) is 6.26 Å². The van der Waals surface area contributed by atoms with Crippen molar-refractivity contribution < 1.29 is 37.9 Å². The van der Waals surface area contributed by atoms with Crippen LogP contribution >= 0.6 is 16.5 Å². The van der Waals surface area contributed by atoms with Gasteiger partial charge in [0, 0.05) is 5.92 Å². The van der Waals surface area contributed by atoms with Crippen molar-refractivity contribution >= 4 is 16.5 Å². The van der Waals surface area contributed by atoms with Crippen molar-refractivity contribution in [1.82, 2.24) is 0 Å². The van der Waals surface area contributed by atoms with Gasteiger partial charge in [0.05, 0.1) is 45.4 Å². The van der Waals surface area contributed by atoms with Crippen LogP contribution in [0, 0.1) is 5.92 Å². The molecule has 0 bridgehead atoms. The third-order valence-electron chi connectivity index (χ3n) is 8.42. The van der Waals surface area contributed by atoms with Crippen molar-refractivity contribution in [2.75, 3.05) is 19.9 Å².